The van der Waals surface area contributed by atoms with E-state index >= 15 is 0 Å². The lowest BCUT2D eigenvalue weighted by atomic mass is 10.2. The highest BCUT2D eigenvalue weighted by atomic mass is 16.1. The lowest BCUT2D eigenvalue weighted by Gasteiger charge is -2.08. The van der Waals surface area contributed by atoms with E-state index in [-0.39, 0.29) is 11.9 Å². The minimum atomic E-state index is -0.126. The molecule has 1 aromatic carbocycles. The van der Waals surface area contributed by atoms with E-state index in [1.807, 2.05) is 48.1 Å². The van der Waals surface area contributed by atoms with Crippen molar-refractivity contribution in [2.75, 3.05) is 5.32 Å². The number of anilines is 1. The Hall–Kier alpha value is -2.14. The van der Waals surface area contributed by atoms with Crippen LogP contribution < -0.4 is 11.1 Å². The van der Waals surface area contributed by atoms with Crippen molar-refractivity contribution in [1.82, 2.24) is 9.78 Å². The summed E-state index contributed by atoms with van der Waals surface area (Å²) in [4.78, 5) is 11.6. The Morgan fingerprint density at radius 2 is 2.16 bits per heavy atom. The molecule has 1 heterocycles. The van der Waals surface area contributed by atoms with Gasteiger partial charge < -0.3 is 11.1 Å². The maximum Gasteiger partial charge on any atom is 0.225 e. The topological polar surface area (TPSA) is 72.9 Å². The molecule has 3 N–H and O–H groups in total. The van der Waals surface area contributed by atoms with E-state index in [0.29, 0.717) is 6.42 Å². The fourth-order valence-electron chi connectivity index (χ4n) is 1.78. The van der Waals surface area contributed by atoms with E-state index in [2.05, 4.69) is 10.4 Å². The Morgan fingerprint density at radius 3 is 2.74 bits per heavy atom. The molecule has 5 heteroatoms. The summed E-state index contributed by atoms with van der Waals surface area (Å²) in [6.45, 7) is 2.54. The summed E-state index contributed by atoms with van der Waals surface area (Å²) in [5.41, 5.74) is 7.50. The first-order valence-corrected chi connectivity index (χ1v) is 6.25. The van der Waals surface area contributed by atoms with Crippen LogP contribution in [0.15, 0.2) is 42.7 Å². The van der Waals surface area contributed by atoms with Gasteiger partial charge in [0, 0.05) is 30.5 Å². The molecule has 2 rings (SSSR count). The molecule has 2 aromatic rings. The van der Waals surface area contributed by atoms with Gasteiger partial charge in [-0.15, -0.1) is 0 Å². The van der Waals surface area contributed by atoms with Crippen LogP contribution in [0.25, 0.3) is 0 Å². The molecule has 19 heavy (non-hydrogen) atoms. The van der Waals surface area contributed by atoms with E-state index in [0.717, 1.165) is 17.8 Å². The molecular weight excluding hydrogens is 240 g/mol. The SMILES string of the molecule is CC(N)CC(=O)Nc1ccc(Cn2cccn2)cc1. The monoisotopic (exact) mass is 258 g/mol. The highest BCUT2D eigenvalue weighted by Crippen LogP contribution is 2.11. The molecule has 0 bridgehead atoms. The smallest absolute Gasteiger partial charge is 0.225 e. The number of aromatic nitrogens is 2. The molecule has 0 fully saturated rings. The predicted octanol–water partition coefficient (Wildman–Crippen LogP) is 1.61. The summed E-state index contributed by atoms with van der Waals surface area (Å²) in [5.74, 6) is -0.0603. The third-order valence-electron chi connectivity index (χ3n) is 2.65. The second-order valence-corrected chi connectivity index (χ2v) is 4.63. The molecule has 1 aromatic heterocycles. The van der Waals surface area contributed by atoms with E-state index in [1.54, 1.807) is 6.20 Å². The number of nitrogens with zero attached hydrogens (tertiary/aromatic N) is 2. The normalized spacial score (nSPS) is 12.1. The second kappa shape index (κ2) is 6.15. The maximum atomic E-state index is 11.6. The Kier molecular flexibility index (Phi) is 4.30. The molecule has 0 saturated heterocycles. The van der Waals surface area contributed by atoms with Crippen LogP contribution in [-0.4, -0.2) is 21.7 Å². The van der Waals surface area contributed by atoms with Gasteiger partial charge in [-0.2, -0.15) is 5.10 Å². The quantitative estimate of drug-likeness (QED) is 0.855. The Bertz CT molecular complexity index is 517. The van der Waals surface area contributed by atoms with Crippen molar-refractivity contribution in [3.8, 4) is 0 Å². The zero-order valence-corrected chi connectivity index (χ0v) is 10.9. The third-order valence-corrected chi connectivity index (χ3v) is 2.65. The number of nitrogens with two attached hydrogens (primary N) is 1. The molecule has 0 saturated carbocycles. The summed E-state index contributed by atoms with van der Waals surface area (Å²) in [6, 6.07) is 9.49. The molecule has 1 unspecified atom stereocenters. The van der Waals surface area contributed by atoms with Crippen molar-refractivity contribution in [1.29, 1.82) is 0 Å². The molecule has 0 aliphatic heterocycles. The van der Waals surface area contributed by atoms with Crippen LogP contribution >= 0.6 is 0 Å². The van der Waals surface area contributed by atoms with Crippen molar-refractivity contribution < 1.29 is 4.79 Å². The number of carbonyl (C=O) groups is 1. The van der Waals surface area contributed by atoms with E-state index in [9.17, 15) is 4.79 Å². The molecule has 0 radical (unpaired) electrons. The highest BCUT2D eigenvalue weighted by Gasteiger charge is 2.05. The predicted molar refractivity (Wildman–Crippen MR) is 74.7 cm³/mol. The number of carbonyl (C=O) groups excluding carboxylic acids is 1. The standard InChI is InChI=1S/C14H18N4O/c1-11(15)9-14(19)17-13-5-3-12(4-6-13)10-18-8-2-7-16-18/h2-8,11H,9-10,15H2,1H3,(H,17,19). The van der Waals surface area contributed by atoms with Gasteiger partial charge in [0.05, 0.1) is 6.54 Å². The number of hydrogen-bond donors (Lipinski definition) is 2. The van der Waals surface area contributed by atoms with Crippen molar-refractivity contribution in [2.45, 2.75) is 25.9 Å². The third kappa shape index (κ3) is 4.22. The molecule has 1 amide bonds. The summed E-state index contributed by atoms with van der Waals surface area (Å²) < 4.78 is 1.85. The first kappa shape index (κ1) is 13.3. The fourth-order valence-corrected chi connectivity index (χ4v) is 1.78. The van der Waals surface area contributed by atoms with Crippen molar-refractivity contribution in [2.24, 2.45) is 5.73 Å². The van der Waals surface area contributed by atoms with Gasteiger partial charge in [-0.05, 0) is 30.7 Å². The Labute approximate surface area is 112 Å². The zero-order chi connectivity index (χ0) is 13.7. The number of benzene rings is 1. The largest absolute Gasteiger partial charge is 0.327 e. The first-order valence-electron chi connectivity index (χ1n) is 6.25. The molecule has 1 atom stereocenters. The van der Waals surface area contributed by atoms with E-state index in [4.69, 9.17) is 5.73 Å². The van der Waals surface area contributed by atoms with Gasteiger partial charge in [-0.1, -0.05) is 12.1 Å². The van der Waals surface area contributed by atoms with Crippen molar-refractivity contribution in [3.63, 3.8) is 0 Å². The first-order chi connectivity index (χ1) is 9.13. The van der Waals surface area contributed by atoms with Gasteiger partial charge in [0.15, 0.2) is 0 Å². The van der Waals surface area contributed by atoms with Gasteiger partial charge in [0.2, 0.25) is 5.91 Å². The van der Waals surface area contributed by atoms with Gasteiger partial charge in [0.1, 0.15) is 0 Å². The number of amides is 1. The summed E-state index contributed by atoms with van der Waals surface area (Å²) >= 11 is 0. The molecule has 5 nitrogen and oxygen atoms in total. The van der Waals surface area contributed by atoms with Crippen LogP contribution in [0.5, 0.6) is 0 Å². The average Bonchev–Trinajstić information content (AvgIpc) is 2.83. The summed E-state index contributed by atoms with van der Waals surface area (Å²) in [6.07, 6.45) is 4.00. The van der Waals surface area contributed by atoms with Gasteiger partial charge in [0.25, 0.3) is 0 Å². The number of hydrogen-bond acceptors (Lipinski definition) is 3. The summed E-state index contributed by atoms with van der Waals surface area (Å²) in [7, 11) is 0. The minimum Gasteiger partial charge on any atom is -0.327 e. The number of rotatable bonds is 5. The van der Waals surface area contributed by atoms with Crippen molar-refractivity contribution in [3.05, 3.63) is 48.3 Å². The van der Waals surface area contributed by atoms with Crippen LogP contribution in [0.3, 0.4) is 0 Å². The Morgan fingerprint density at radius 1 is 1.42 bits per heavy atom. The fraction of sp³-hybridized carbons (Fsp3) is 0.286. The molecule has 0 aliphatic rings. The molecule has 100 valence electrons. The van der Waals surface area contributed by atoms with Gasteiger partial charge in [-0.3, -0.25) is 9.48 Å². The zero-order valence-electron chi connectivity index (χ0n) is 10.9. The van der Waals surface area contributed by atoms with Crippen molar-refractivity contribution >= 4 is 11.6 Å². The van der Waals surface area contributed by atoms with Gasteiger partial charge >= 0.3 is 0 Å². The van der Waals surface area contributed by atoms with Crippen LogP contribution in [0.4, 0.5) is 5.69 Å². The average molecular weight is 258 g/mol. The second-order valence-electron chi connectivity index (χ2n) is 4.63. The molecule has 0 aliphatic carbocycles. The lowest BCUT2D eigenvalue weighted by Crippen LogP contribution is -2.23. The van der Waals surface area contributed by atoms with Crippen LogP contribution in [0.1, 0.15) is 18.9 Å². The maximum absolute atomic E-state index is 11.6. The van der Waals surface area contributed by atoms with E-state index < -0.39 is 0 Å². The van der Waals surface area contributed by atoms with E-state index in [1.165, 1.54) is 0 Å². The van der Waals surface area contributed by atoms with Crippen LogP contribution in [0, 0.1) is 0 Å². The Balaban J connectivity index is 1.93. The highest BCUT2D eigenvalue weighted by molar-refractivity contribution is 5.91. The van der Waals surface area contributed by atoms with Gasteiger partial charge in [-0.25, -0.2) is 0 Å². The van der Waals surface area contributed by atoms with Crippen LogP contribution in [-0.2, 0) is 11.3 Å². The summed E-state index contributed by atoms with van der Waals surface area (Å²) in [5, 5.41) is 6.97. The lowest BCUT2D eigenvalue weighted by molar-refractivity contribution is -0.116. The number of nitrogens with one attached hydrogen (secondary N) is 1. The van der Waals surface area contributed by atoms with Crippen LogP contribution in [0.2, 0.25) is 0 Å². The molecule has 0 spiro atoms. The molecular formula is C14H18N4O. The minimum absolute atomic E-state index is 0.0603.